The Bertz CT molecular complexity index is 510. The van der Waals surface area contributed by atoms with Crippen LogP contribution in [0.5, 0.6) is 0 Å². The van der Waals surface area contributed by atoms with E-state index in [0.29, 0.717) is 12.8 Å². The summed E-state index contributed by atoms with van der Waals surface area (Å²) in [6.07, 6.45) is 3.31. The first-order valence-electron chi connectivity index (χ1n) is 9.45. The maximum absolute atomic E-state index is 12.7. The summed E-state index contributed by atoms with van der Waals surface area (Å²) in [5.74, 6) is -2.79. The maximum Gasteiger partial charge on any atom is 0.244 e. The smallest absolute Gasteiger partial charge is 0.244 e. The molecule has 0 aromatic carbocycles. The van der Waals surface area contributed by atoms with E-state index in [1.165, 1.54) is 12.4 Å². The third-order valence-corrected chi connectivity index (χ3v) is 4.21. The van der Waals surface area contributed by atoms with Crippen LogP contribution in [0.1, 0.15) is 66.2 Å². The predicted octanol–water partition coefficient (Wildman–Crippen LogP) is 0.599. The largest absolute Gasteiger partial charge is 0.368 e. The molecule has 9 heteroatoms. The second-order valence-electron chi connectivity index (χ2n) is 7.26. The summed E-state index contributed by atoms with van der Waals surface area (Å²) in [5.41, 5.74) is 6.70. The molecule has 0 unspecified atom stereocenters. The highest BCUT2D eigenvalue weighted by atomic mass is 16.5. The minimum atomic E-state index is -0.857. The van der Waals surface area contributed by atoms with Gasteiger partial charge in [-0.25, -0.2) is 5.48 Å². The molecular weight excluding hydrogens is 352 g/mol. The third-order valence-electron chi connectivity index (χ3n) is 4.21. The Labute approximate surface area is 160 Å². The number of nitrogens with one attached hydrogen (secondary N) is 3. The van der Waals surface area contributed by atoms with Crippen molar-refractivity contribution in [2.45, 2.75) is 78.3 Å². The molecule has 0 aliphatic rings. The first-order valence-corrected chi connectivity index (χ1v) is 9.45. The van der Waals surface area contributed by atoms with E-state index in [2.05, 4.69) is 10.6 Å². The molecule has 156 valence electrons. The fourth-order valence-corrected chi connectivity index (χ4v) is 2.61. The number of hydrogen-bond acceptors (Lipinski definition) is 5. The van der Waals surface area contributed by atoms with Gasteiger partial charge in [-0.2, -0.15) is 0 Å². The average molecular weight is 386 g/mol. The fraction of sp³-hybridized carbons (Fsp3) is 0.778. The number of carbonyl (C=O) groups excluding carboxylic acids is 4. The molecule has 0 rings (SSSR count). The molecule has 0 aliphatic heterocycles. The number of carbonyl (C=O) groups is 4. The van der Waals surface area contributed by atoms with Crippen LogP contribution in [0.25, 0.3) is 0 Å². The Balaban J connectivity index is 5.13. The summed E-state index contributed by atoms with van der Waals surface area (Å²) in [6.45, 7) is 7.30. The summed E-state index contributed by atoms with van der Waals surface area (Å²) in [7, 11) is 0. The lowest BCUT2D eigenvalue weighted by molar-refractivity contribution is -0.136. The quantitative estimate of drug-likeness (QED) is 0.178. The highest BCUT2D eigenvalue weighted by Crippen LogP contribution is 2.16. The van der Waals surface area contributed by atoms with Crippen molar-refractivity contribution < 1.29 is 24.4 Å². The van der Waals surface area contributed by atoms with Crippen molar-refractivity contribution in [3.8, 4) is 0 Å². The lowest BCUT2D eigenvalue weighted by Gasteiger charge is -2.24. The molecule has 0 spiro atoms. The van der Waals surface area contributed by atoms with Crippen LogP contribution in [0.4, 0.5) is 0 Å². The molecule has 0 saturated heterocycles. The second kappa shape index (κ2) is 13.1. The van der Waals surface area contributed by atoms with E-state index < -0.39 is 41.6 Å². The Hall–Kier alpha value is -2.16. The first kappa shape index (κ1) is 24.8. The SMILES string of the molecule is CCCCC[C@H](CC(=O)NO)C(=O)N[C@@H](CC(C)C)C(=O)N[C@@H](C)C(N)=O. The summed E-state index contributed by atoms with van der Waals surface area (Å²) >= 11 is 0. The van der Waals surface area contributed by atoms with E-state index in [-0.39, 0.29) is 12.3 Å². The van der Waals surface area contributed by atoms with E-state index in [0.717, 1.165) is 19.3 Å². The predicted molar refractivity (Wildman–Crippen MR) is 100 cm³/mol. The van der Waals surface area contributed by atoms with Crippen molar-refractivity contribution in [3.05, 3.63) is 0 Å². The number of primary amides is 1. The number of unbranched alkanes of at least 4 members (excludes halogenated alkanes) is 2. The molecule has 0 radical (unpaired) electrons. The van der Waals surface area contributed by atoms with Crippen molar-refractivity contribution in [3.63, 3.8) is 0 Å². The molecule has 3 atom stereocenters. The minimum absolute atomic E-state index is 0.115. The topological polar surface area (TPSA) is 151 Å². The van der Waals surface area contributed by atoms with Gasteiger partial charge in [0.15, 0.2) is 0 Å². The molecular formula is C18H34N4O5. The van der Waals surface area contributed by atoms with Gasteiger partial charge in [-0.3, -0.25) is 24.4 Å². The van der Waals surface area contributed by atoms with Gasteiger partial charge in [0, 0.05) is 12.3 Å². The van der Waals surface area contributed by atoms with Crippen LogP contribution < -0.4 is 21.8 Å². The molecule has 9 nitrogen and oxygen atoms in total. The second-order valence-corrected chi connectivity index (χ2v) is 7.26. The zero-order valence-corrected chi connectivity index (χ0v) is 16.7. The van der Waals surface area contributed by atoms with Gasteiger partial charge in [-0.1, -0.05) is 40.0 Å². The zero-order chi connectivity index (χ0) is 21.0. The summed E-state index contributed by atoms with van der Waals surface area (Å²) in [4.78, 5) is 47.8. The Morgan fingerprint density at radius 3 is 2.11 bits per heavy atom. The first-order chi connectivity index (χ1) is 12.6. The van der Waals surface area contributed by atoms with Crippen LogP contribution in [0.15, 0.2) is 0 Å². The zero-order valence-electron chi connectivity index (χ0n) is 16.7. The van der Waals surface area contributed by atoms with Crippen LogP contribution in [0.2, 0.25) is 0 Å². The van der Waals surface area contributed by atoms with Crippen molar-refractivity contribution in [2.75, 3.05) is 0 Å². The molecule has 0 saturated carbocycles. The van der Waals surface area contributed by atoms with E-state index in [9.17, 15) is 19.2 Å². The number of rotatable bonds is 13. The Morgan fingerprint density at radius 2 is 1.63 bits per heavy atom. The molecule has 0 aromatic rings. The van der Waals surface area contributed by atoms with Gasteiger partial charge in [0.25, 0.3) is 0 Å². The minimum Gasteiger partial charge on any atom is -0.368 e. The lowest BCUT2D eigenvalue weighted by atomic mass is 9.95. The molecule has 0 heterocycles. The number of hydrogen-bond donors (Lipinski definition) is 5. The molecule has 0 bridgehead atoms. The number of nitrogens with two attached hydrogens (primary N) is 1. The van der Waals surface area contributed by atoms with E-state index in [1.54, 1.807) is 0 Å². The Morgan fingerprint density at radius 1 is 1.00 bits per heavy atom. The fourth-order valence-electron chi connectivity index (χ4n) is 2.61. The molecule has 27 heavy (non-hydrogen) atoms. The van der Waals surface area contributed by atoms with Gasteiger partial charge in [-0.15, -0.1) is 0 Å². The summed E-state index contributed by atoms with van der Waals surface area (Å²) < 4.78 is 0. The number of hydroxylamine groups is 1. The molecule has 0 aromatic heterocycles. The maximum atomic E-state index is 12.7. The molecule has 0 fully saturated rings. The highest BCUT2D eigenvalue weighted by Gasteiger charge is 2.28. The highest BCUT2D eigenvalue weighted by molar-refractivity contribution is 5.92. The van der Waals surface area contributed by atoms with Crippen LogP contribution >= 0.6 is 0 Å². The Kier molecular flexibility index (Phi) is 12.0. The van der Waals surface area contributed by atoms with Crippen molar-refractivity contribution in [1.82, 2.24) is 16.1 Å². The van der Waals surface area contributed by atoms with Crippen LogP contribution in [0.3, 0.4) is 0 Å². The summed E-state index contributed by atoms with van der Waals surface area (Å²) in [6, 6.07) is -1.70. The van der Waals surface area contributed by atoms with Gasteiger partial charge >= 0.3 is 0 Å². The normalized spacial score (nSPS) is 14.1. The monoisotopic (exact) mass is 386 g/mol. The number of amides is 4. The van der Waals surface area contributed by atoms with Crippen LogP contribution in [-0.2, 0) is 19.2 Å². The van der Waals surface area contributed by atoms with Gasteiger partial charge in [0.1, 0.15) is 12.1 Å². The standard InChI is InChI=1S/C18H34N4O5/c1-5-6-7-8-13(10-15(23)22-27)17(25)21-14(9-11(2)3)18(26)20-12(4)16(19)24/h11-14,27H,5-10H2,1-4H3,(H2,19,24)(H,20,26)(H,21,25)(H,22,23)/t12-,13+,14-/m0/s1. The molecule has 0 aliphatic carbocycles. The average Bonchev–Trinajstić information content (AvgIpc) is 2.59. The van der Waals surface area contributed by atoms with Gasteiger partial charge < -0.3 is 16.4 Å². The van der Waals surface area contributed by atoms with E-state index >= 15 is 0 Å². The van der Waals surface area contributed by atoms with Gasteiger partial charge in [0.05, 0.1) is 0 Å². The van der Waals surface area contributed by atoms with Crippen molar-refractivity contribution in [1.29, 1.82) is 0 Å². The third kappa shape index (κ3) is 10.5. The molecule has 6 N–H and O–H groups in total. The van der Waals surface area contributed by atoms with Gasteiger partial charge in [0.2, 0.25) is 23.6 Å². The van der Waals surface area contributed by atoms with E-state index in [1.807, 2.05) is 20.8 Å². The van der Waals surface area contributed by atoms with Crippen LogP contribution in [0, 0.1) is 11.8 Å². The lowest BCUT2D eigenvalue weighted by Crippen LogP contribution is -2.53. The van der Waals surface area contributed by atoms with E-state index in [4.69, 9.17) is 10.9 Å². The van der Waals surface area contributed by atoms with Gasteiger partial charge in [-0.05, 0) is 25.7 Å². The summed E-state index contributed by atoms with van der Waals surface area (Å²) in [5, 5.41) is 13.9. The molecule has 4 amide bonds. The van der Waals surface area contributed by atoms with Crippen molar-refractivity contribution >= 4 is 23.6 Å². The van der Waals surface area contributed by atoms with Crippen molar-refractivity contribution in [2.24, 2.45) is 17.6 Å². The van der Waals surface area contributed by atoms with Crippen LogP contribution in [-0.4, -0.2) is 40.9 Å².